The molecule has 0 aliphatic rings. The van der Waals surface area contributed by atoms with Crippen LogP contribution in [0.3, 0.4) is 0 Å². The number of benzene rings is 4. The Kier molecular flexibility index (Phi) is 5.71. The van der Waals surface area contributed by atoms with Gasteiger partial charge in [-0.15, -0.1) is 0 Å². The van der Waals surface area contributed by atoms with Crippen molar-refractivity contribution in [1.82, 2.24) is 15.0 Å². The van der Waals surface area contributed by atoms with E-state index < -0.39 is 0 Å². The molecule has 0 fully saturated rings. The maximum Gasteiger partial charge on any atom is 0.227 e. The fraction of sp³-hybridized carbons (Fsp3) is 0. The molecule has 0 N–H and O–H groups in total. The van der Waals surface area contributed by atoms with Crippen LogP contribution in [0.2, 0.25) is 0 Å². The normalized spacial score (nSPS) is 11.3. The summed E-state index contributed by atoms with van der Waals surface area (Å²) in [6.45, 7) is 0. The van der Waals surface area contributed by atoms with Gasteiger partial charge >= 0.3 is 0 Å². The standard InChI is InChI=1S/C37H23N3O2/c1-3-9-24(10-4-1)29-19-31(25-11-5-2-6-12-25)36-32(20-29)40-37(42-36)26-15-16-30-33(21-26)41-35(28-14-8-18-39-23-28)34(30)27-13-7-17-38-22-27/h1-23H. The van der Waals surface area contributed by atoms with Gasteiger partial charge in [-0.25, -0.2) is 4.98 Å². The molecule has 198 valence electrons. The Morgan fingerprint density at radius 3 is 1.90 bits per heavy atom. The Hall–Kier alpha value is -5.81. The van der Waals surface area contributed by atoms with E-state index in [4.69, 9.17) is 13.8 Å². The van der Waals surface area contributed by atoms with Gasteiger partial charge in [0.25, 0.3) is 0 Å². The largest absolute Gasteiger partial charge is 0.455 e. The van der Waals surface area contributed by atoms with Gasteiger partial charge in [-0.1, -0.05) is 66.7 Å². The molecule has 8 aromatic rings. The Morgan fingerprint density at radius 1 is 0.500 bits per heavy atom. The van der Waals surface area contributed by atoms with Gasteiger partial charge in [0.15, 0.2) is 5.58 Å². The van der Waals surface area contributed by atoms with Crippen LogP contribution in [0.25, 0.3) is 78.2 Å². The molecule has 0 atom stereocenters. The summed E-state index contributed by atoms with van der Waals surface area (Å²) in [4.78, 5) is 13.6. The quantitative estimate of drug-likeness (QED) is 0.217. The lowest BCUT2D eigenvalue weighted by molar-refractivity contribution is 0.618. The molecule has 0 saturated heterocycles. The van der Waals surface area contributed by atoms with E-state index in [0.717, 1.165) is 72.3 Å². The average molecular weight is 542 g/mol. The van der Waals surface area contributed by atoms with Crippen molar-refractivity contribution >= 4 is 22.1 Å². The molecule has 0 bridgehead atoms. The third kappa shape index (κ3) is 4.16. The lowest BCUT2D eigenvalue weighted by Gasteiger charge is -2.07. The van der Waals surface area contributed by atoms with Crippen LogP contribution in [0.15, 0.2) is 149 Å². The average Bonchev–Trinajstić information content (AvgIpc) is 3.68. The molecule has 0 saturated carbocycles. The van der Waals surface area contributed by atoms with Crippen LogP contribution in [-0.2, 0) is 0 Å². The molecule has 8 rings (SSSR count). The van der Waals surface area contributed by atoms with Crippen molar-refractivity contribution in [2.45, 2.75) is 0 Å². The Balaban J connectivity index is 1.31. The van der Waals surface area contributed by atoms with Gasteiger partial charge < -0.3 is 8.83 Å². The van der Waals surface area contributed by atoms with E-state index in [0.29, 0.717) is 5.89 Å². The van der Waals surface area contributed by atoms with Gasteiger partial charge in [-0.2, -0.15) is 0 Å². The summed E-state index contributed by atoms with van der Waals surface area (Å²) < 4.78 is 13.0. The number of furan rings is 1. The maximum atomic E-state index is 6.51. The zero-order valence-corrected chi connectivity index (χ0v) is 22.4. The lowest BCUT2D eigenvalue weighted by atomic mass is 9.98. The van der Waals surface area contributed by atoms with Crippen LogP contribution >= 0.6 is 0 Å². The molecular weight excluding hydrogens is 518 g/mol. The van der Waals surface area contributed by atoms with Gasteiger partial charge in [0.1, 0.15) is 16.9 Å². The van der Waals surface area contributed by atoms with Gasteiger partial charge in [0, 0.05) is 58.0 Å². The molecule has 0 aliphatic heterocycles. The molecule has 0 spiro atoms. The molecule has 0 amide bonds. The molecule has 4 heterocycles. The third-order valence-electron chi connectivity index (χ3n) is 7.49. The van der Waals surface area contributed by atoms with Crippen LogP contribution in [0.1, 0.15) is 0 Å². The fourth-order valence-electron chi connectivity index (χ4n) is 5.51. The second-order valence-electron chi connectivity index (χ2n) is 10.1. The van der Waals surface area contributed by atoms with Crippen LogP contribution in [0.4, 0.5) is 0 Å². The zero-order valence-electron chi connectivity index (χ0n) is 22.4. The highest BCUT2D eigenvalue weighted by Gasteiger charge is 2.21. The Bertz CT molecular complexity index is 2170. The molecule has 0 aliphatic carbocycles. The zero-order chi connectivity index (χ0) is 27.9. The lowest BCUT2D eigenvalue weighted by Crippen LogP contribution is -1.83. The fourth-order valence-corrected chi connectivity index (χ4v) is 5.51. The number of nitrogens with zero attached hydrogens (tertiary/aromatic N) is 3. The van der Waals surface area contributed by atoms with E-state index in [1.54, 1.807) is 12.4 Å². The number of fused-ring (bicyclic) bond motifs is 2. The van der Waals surface area contributed by atoms with E-state index in [1.165, 1.54) is 0 Å². The molecule has 4 aromatic heterocycles. The van der Waals surface area contributed by atoms with Crippen molar-refractivity contribution in [2.24, 2.45) is 0 Å². The van der Waals surface area contributed by atoms with Gasteiger partial charge in [-0.05, 0) is 65.2 Å². The molecular formula is C37H23N3O2. The number of oxazole rings is 1. The van der Waals surface area contributed by atoms with Crippen LogP contribution in [0, 0.1) is 0 Å². The summed E-state index contributed by atoms with van der Waals surface area (Å²) in [5.74, 6) is 1.29. The molecule has 42 heavy (non-hydrogen) atoms. The third-order valence-corrected chi connectivity index (χ3v) is 7.49. The maximum absolute atomic E-state index is 6.51. The number of rotatable bonds is 5. The number of hydrogen-bond donors (Lipinski definition) is 0. The van der Waals surface area contributed by atoms with Crippen LogP contribution in [-0.4, -0.2) is 15.0 Å². The molecule has 0 unspecified atom stereocenters. The Labute approximate surface area is 241 Å². The first-order chi connectivity index (χ1) is 20.8. The molecule has 0 radical (unpaired) electrons. The molecule has 4 aromatic carbocycles. The predicted molar refractivity (Wildman–Crippen MR) is 167 cm³/mol. The smallest absolute Gasteiger partial charge is 0.227 e. The second kappa shape index (κ2) is 9.98. The number of aromatic nitrogens is 3. The van der Waals surface area contributed by atoms with Gasteiger partial charge in [0.05, 0.1) is 0 Å². The van der Waals surface area contributed by atoms with Gasteiger partial charge in [0.2, 0.25) is 5.89 Å². The highest BCUT2D eigenvalue weighted by atomic mass is 16.4. The minimum Gasteiger partial charge on any atom is -0.455 e. The van der Waals surface area contributed by atoms with Crippen molar-refractivity contribution in [1.29, 1.82) is 0 Å². The number of pyridine rings is 2. The highest BCUT2D eigenvalue weighted by Crippen LogP contribution is 2.42. The monoisotopic (exact) mass is 541 g/mol. The summed E-state index contributed by atoms with van der Waals surface area (Å²) >= 11 is 0. The first-order valence-electron chi connectivity index (χ1n) is 13.7. The topological polar surface area (TPSA) is 65.0 Å². The summed E-state index contributed by atoms with van der Waals surface area (Å²) in [6, 6.07) is 38.9. The summed E-state index contributed by atoms with van der Waals surface area (Å²) in [5.41, 5.74) is 10.3. The van der Waals surface area contributed by atoms with E-state index in [9.17, 15) is 0 Å². The van der Waals surface area contributed by atoms with E-state index in [2.05, 4.69) is 52.4 Å². The van der Waals surface area contributed by atoms with E-state index in [1.807, 2.05) is 85.2 Å². The Morgan fingerprint density at radius 2 is 1.19 bits per heavy atom. The SMILES string of the molecule is c1ccc(-c2cc(-c3ccccc3)c3oc(-c4ccc5c(-c6cccnc6)c(-c6cccnc6)oc5c4)nc3c2)cc1. The molecule has 5 heteroatoms. The first kappa shape index (κ1) is 24.0. The highest BCUT2D eigenvalue weighted by molar-refractivity contribution is 6.03. The van der Waals surface area contributed by atoms with E-state index in [-0.39, 0.29) is 0 Å². The second-order valence-corrected chi connectivity index (χ2v) is 10.1. The van der Waals surface area contributed by atoms with Crippen LogP contribution in [0.5, 0.6) is 0 Å². The van der Waals surface area contributed by atoms with Crippen molar-refractivity contribution in [3.63, 3.8) is 0 Å². The van der Waals surface area contributed by atoms with Crippen molar-refractivity contribution < 1.29 is 8.83 Å². The number of hydrogen-bond acceptors (Lipinski definition) is 5. The first-order valence-corrected chi connectivity index (χ1v) is 13.7. The molecule has 5 nitrogen and oxygen atoms in total. The van der Waals surface area contributed by atoms with E-state index >= 15 is 0 Å². The van der Waals surface area contributed by atoms with Crippen molar-refractivity contribution in [3.8, 4) is 56.2 Å². The van der Waals surface area contributed by atoms with Gasteiger partial charge in [-0.3, -0.25) is 9.97 Å². The summed E-state index contributed by atoms with van der Waals surface area (Å²) in [7, 11) is 0. The van der Waals surface area contributed by atoms with Crippen LogP contribution < -0.4 is 0 Å². The van der Waals surface area contributed by atoms with Crippen molar-refractivity contribution in [2.75, 3.05) is 0 Å². The minimum absolute atomic E-state index is 0.538. The summed E-state index contributed by atoms with van der Waals surface area (Å²) in [6.07, 6.45) is 7.20. The predicted octanol–water partition coefficient (Wildman–Crippen LogP) is 9.70. The van der Waals surface area contributed by atoms with Crippen molar-refractivity contribution in [3.05, 3.63) is 140 Å². The minimum atomic E-state index is 0.538. The summed E-state index contributed by atoms with van der Waals surface area (Å²) in [5, 5.41) is 0.984.